The van der Waals surface area contributed by atoms with E-state index in [9.17, 15) is 4.79 Å². The van der Waals surface area contributed by atoms with Gasteiger partial charge in [-0.25, -0.2) is 4.98 Å². The highest BCUT2D eigenvalue weighted by Crippen LogP contribution is 2.25. The van der Waals surface area contributed by atoms with Gasteiger partial charge in [-0.3, -0.25) is 4.79 Å². The quantitative estimate of drug-likeness (QED) is 0.864. The van der Waals surface area contributed by atoms with Crippen LogP contribution >= 0.6 is 23.2 Å². The molecule has 1 amide bonds. The van der Waals surface area contributed by atoms with E-state index in [0.717, 1.165) is 18.5 Å². The molecule has 2 heterocycles. The van der Waals surface area contributed by atoms with Crippen LogP contribution < -0.4 is 10.6 Å². The average Bonchev–Trinajstić information content (AvgIpc) is 3.02. The number of carbonyl (C=O) groups excluding carboxylic acids is 1. The molecule has 1 atom stereocenters. The van der Waals surface area contributed by atoms with Gasteiger partial charge in [-0.2, -0.15) is 0 Å². The Kier molecular flexibility index (Phi) is 5.00. The van der Waals surface area contributed by atoms with Gasteiger partial charge in [-0.15, -0.1) is 0 Å². The predicted octanol–water partition coefficient (Wildman–Crippen LogP) is 4.25. The van der Waals surface area contributed by atoms with Gasteiger partial charge < -0.3 is 15.4 Å². The second-order valence-corrected chi connectivity index (χ2v) is 6.08. The summed E-state index contributed by atoms with van der Waals surface area (Å²) in [7, 11) is 0. The Morgan fingerprint density at radius 1 is 1.17 bits per heavy atom. The smallest absolute Gasteiger partial charge is 0.253 e. The predicted molar refractivity (Wildman–Crippen MR) is 91.6 cm³/mol. The summed E-state index contributed by atoms with van der Waals surface area (Å²) >= 11 is 11.9. The molecule has 23 heavy (non-hydrogen) atoms. The van der Waals surface area contributed by atoms with E-state index in [-0.39, 0.29) is 12.0 Å². The Labute approximate surface area is 144 Å². The van der Waals surface area contributed by atoms with Crippen molar-refractivity contribution in [2.24, 2.45) is 0 Å². The van der Waals surface area contributed by atoms with Crippen LogP contribution in [-0.2, 0) is 9.53 Å². The lowest BCUT2D eigenvalue weighted by Gasteiger charge is -2.11. The van der Waals surface area contributed by atoms with Crippen molar-refractivity contribution in [1.29, 1.82) is 0 Å². The van der Waals surface area contributed by atoms with Gasteiger partial charge in [0.05, 0.1) is 11.9 Å². The van der Waals surface area contributed by atoms with Crippen molar-refractivity contribution in [3.8, 4) is 0 Å². The third-order valence-corrected chi connectivity index (χ3v) is 3.82. The minimum absolute atomic E-state index is 0.133. The normalized spacial score (nSPS) is 17.0. The topological polar surface area (TPSA) is 63.2 Å². The number of aromatic nitrogens is 1. The zero-order valence-electron chi connectivity index (χ0n) is 12.2. The molecule has 1 fully saturated rings. The number of carbonyl (C=O) groups is 1. The number of anilines is 3. The van der Waals surface area contributed by atoms with Gasteiger partial charge in [0.2, 0.25) is 0 Å². The summed E-state index contributed by atoms with van der Waals surface area (Å²) in [5.41, 5.74) is 1.37. The third kappa shape index (κ3) is 4.34. The summed E-state index contributed by atoms with van der Waals surface area (Å²) in [4.78, 5) is 16.2. The molecule has 1 aliphatic rings. The summed E-state index contributed by atoms with van der Waals surface area (Å²) < 4.78 is 5.34. The first kappa shape index (κ1) is 16.1. The summed E-state index contributed by atoms with van der Waals surface area (Å²) in [5, 5.41) is 6.98. The molecule has 5 nitrogen and oxygen atoms in total. The second kappa shape index (κ2) is 7.17. The first-order valence-electron chi connectivity index (χ1n) is 7.22. The minimum atomic E-state index is -0.360. The SMILES string of the molecule is O=C(Nc1ccc(Nc2cc(Cl)cc(Cl)c2)nc1)C1CCCO1. The molecule has 1 saturated heterocycles. The summed E-state index contributed by atoms with van der Waals surface area (Å²) in [5.74, 6) is 0.491. The van der Waals surface area contributed by atoms with Crippen molar-refractivity contribution in [3.05, 3.63) is 46.6 Å². The molecule has 0 saturated carbocycles. The maximum Gasteiger partial charge on any atom is 0.253 e. The molecule has 3 rings (SSSR count). The fourth-order valence-corrected chi connectivity index (χ4v) is 2.85. The third-order valence-electron chi connectivity index (χ3n) is 3.39. The summed E-state index contributed by atoms with van der Waals surface area (Å²) in [6.07, 6.45) is 2.90. The minimum Gasteiger partial charge on any atom is -0.368 e. The van der Waals surface area contributed by atoms with E-state index in [1.807, 2.05) is 0 Å². The number of hydrogen-bond acceptors (Lipinski definition) is 4. The zero-order valence-corrected chi connectivity index (χ0v) is 13.7. The highest BCUT2D eigenvalue weighted by atomic mass is 35.5. The van der Waals surface area contributed by atoms with Crippen molar-refractivity contribution in [2.45, 2.75) is 18.9 Å². The van der Waals surface area contributed by atoms with Crippen molar-refractivity contribution in [1.82, 2.24) is 4.98 Å². The molecule has 7 heteroatoms. The van der Waals surface area contributed by atoms with E-state index in [2.05, 4.69) is 15.6 Å². The van der Waals surface area contributed by atoms with Gasteiger partial charge in [-0.1, -0.05) is 23.2 Å². The van der Waals surface area contributed by atoms with E-state index in [4.69, 9.17) is 27.9 Å². The standard InChI is InChI=1S/C16H15Cl2N3O2/c17-10-6-11(18)8-13(7-10)20-15-4-3-12(9-19-15)21-16(22)14-2-1-5-23-14/h3-4,6-9,14H,1-2,5H2,(H,19,20)(H,21,22). The average molecular weight is 352 g/mol. The van der Waals surface area contributed by atoms with Gasteiger partial charge in [0.15, 0.2) is 0 Å². The van der Waals surface area contributed by atoms with Crippen LogP contribution in [0.1, 0.15) is 12.8 Å². The maximum absolute atomic E-state index is 12.0. The van der Waals surface area contributed by atoms with Gasteiger partial charge in [-0.05, 0) is 43.2 Å². The molecule has 0 spiro atoms. The van der Waals surface area contributed by atoms with Crippen LogP contribution in [0, 0.1) is 0 Å². The van der Waals surface area contributed by atoms with Gasteiger partial charge in [0.25, 0.3) is 5.91 Å². The Balaban J connectivity index is 1.63. The van der Waals surface area contributed by atoms with Crippen LogP contribution in [-0.4, -0.2) is 23.6 Å². The molecule has 0 aliphatic carbocycles. The number of ether oxygens (including phenoxy) is 1. The molecule has 120 valence electrons. The fraction of sp³-hybridized carbons (Fsp3) is 0.250. The fourth-order valence-electron chi connectivity index (χ4n) is 2.32. The molecule has 2 N–H and O–H groups in total. The van der Waals surface area contributed by atoms with Crippen LogP contribution in [0.4, 0.5) is 17.2 Å². The van der Waals surface area contributed by atoms with Gasteiger partial charge in [0.1, 0.15) is 11.9 Å². The van der Waals surface area contributed by atoms with Crippen LogP contribution in [0.15, 0.2) is 36.5 Å². The zero-order chi connectivity index (χ0) is 16.2. The lowest BCUT2D eigenvalue weighted by molar-refractivity contribution is -0.124. The van der Waals surface area contributed by atoms with Crippen molar-refractivity contribution >= 4 is 46.3 Å². The van der Waals surface area contributed by atoms with Crippen molar-refractivity contribution in [2.75, 3.05) is 17.2 Å². The molecule has 1 aromatic carbocycles. The Hall–Kier alpha value is -1.82. The number of amides is 1. The van der Waals surface area contributed by atoms with Crippen molar-refractivity contribution < 1.29 is 9.53 Å². The van der Waals surface area contributed by atoms with Crippen LogP contribution in [0.2, 0.25) is 10.0 Å². The number of nitrogens with zero attached hydrogens (tertiary/aromatic N) is 1. The van der Waals surface area contributed by atoms with Gasteiger partial charge >= 0.3 is 0 Å². The Morgan fingerprint density at radius 3 is 2.57 bits per heavy atom. The van der Waals surface area contributed by atoms with Crippen LogP contribution in [0.25, 0.3) is 0 Å². The molecular weight excluding hydrogens is 337 g/mol. The molecule has 1 aliphatic heterocycles. The molecule has 0 bridgehead atoms. The highest BCUT2D eigenvalue weighted by molar-refractivity contribution is 6.35. The lowest BCUT2D eigenvalue weighted by atomic mass is 10.2. The number of rotatable bonds is 4. The van der Waals surface area contributed by atoms with Crippen LogP contribution in [0.5, 0.6) is 0 Å². The van der Waals surface area contributed by atoms with Gasteiger partial charge in [0, 0.05) is 22.3 Å². The first-order chi connectivity index (χ1) is 11.1. The summed E-state index contributed by atoms with van der Waals surface area (Å²) in [6, 6.07) is 8.70. The molecular formula is C16H15Cl2N3O2. The van der Waals surface area contributed by atoms with Crippen molar-refractivity contribution in [3.63, 3.8) is 0 Å². The molecule has 1 aromatic heterocycles. The molecule has 0 radical (unpaired) electrons. The van der Waals surface area contributed by atoms with Crippen LogP contribution in [0.3, 0.4) is 0 Å². The second-order valence-electron chi connectivity index (χ2n) is 5.21. The van der Waals surface area contributed by atoms with E-state index in [1.165, 1.54) is 0 Å². The molecule has 1 unspecified atom stereocenters. The lowest BCUT2D eigenvalue weighted by Crippen LogP contribution is -2.26. The number of pyridine rings is 1. The largest absolute Gasteiger partial charge is 0.368 e. The maximum atomic E-state index is 12.0. The monoisotopic (exact) mass is 351 g/mol. The van der Waals surface area contributed by atoms with E-state index < -0.39 is 0 Å². The van der Waals surface area contributed by atoms with E-state index >= 15 is 0 Å². The first-order valence-corrected chi connectivity index (χ1v) is 7.97. The number of halogens is 2. The number of hydrogen-bond donors (Lipinski definition) is 2. The Bertz CT molecular complexity index is 681. The van der Waals surface area contributed by atoms with E-state index in [1.54, 1.807) is 36.5 Å². The summed E-state index contributed by atoms with van der Waals surface area (Å²) in [6.45, 7) is 0.640. The van der Waals surface area contributed by atoms with E-state index in [0.29, 0.717) is 28.2 Å². The molecule has 2 aromatic rings. The number of nitrogens with one attached hydrogen (secondary N) is 2. The Morgan fingerprint density at radius 2 is 1.96 bits per heavy atom. The highest BCUT2D eigenvalue weighted by Gasteiger charge is 2.23. The number of benzene rings is 1.